The Morgan fingerprint density at radius 2 is 1.58 bits per heavy atom. The topological polar surface area (TPSA) is 83.4 Å². The molecule has 0 unspecified atom stereocenters. The summed E-state index contributed by atoms with van der Waals surface area (Å²) in [6.07, 6.45) is -0.665. The van der Waals surface area contributed by atoms with Gasteiger partial charge in [0.15, 0.2) is 6.29 Å². The number of hydrogen-bond acceptors (Lipinski definition) is 7. The van der Waals surface area contributed by atoms with Crippen molar-refractivity contribution in [3.05, 3.63) is 41.2 Å². The summed E-state index contributed by atoms with van der Waals surface area (Å²) in [5.41, 5.74) is 0.804. The van der Waals surface area contributed by atoms with Crippen LogP contribution in [0.15, 0.2) is 45.5 Å². The highest BCUT2D eigenvalue weighted by Crippen LogP contribution is 2.31. The number of aliphatic imine (C=N–C) groups is 1. The number of benzene rings is 1. The standard InChI is InChI=1S/C22H27Cl6NO6S/c1-14-5-7-16(8-6-14)36(30,31)35-15(2)17(19-29-20(3,4)11-34-19)9-10-18(32-12-21(23,24)25)33-13-22(26,27)28/h5-8,18H,9-13H2,1-4H3/b17-15+. The van der Waals surface area contributed by atoms with Crippen LogP contribution in [0.25, 0.3) is 0 Å². The van der Waals surface area contributed by atoms with Crippen molar-refractivity contribution in [2.45, 2.75) is 64.8 Å². The molecule has 0 atom stereocenters. The van der Waals surface area contributed by atoms with Gasteiger partial charge >= 0.3 is 10.1 Å². The number of allylic oxidation sites excluding steroid dienone is 1. The minimum Gasteiger partial charge on any atom is -0.475 e. The molecule has 0 fully saturated rings. The zero-order chi connectivity index (χ0) is 27.4. The second kappa shape index (κ2) is 12.8. The van der Waals surface area contributed by atoms with Gasteiger partial charge in [0.25, 0.3) is 0 Å². The molecule has 0 aromatic heterocycles. The second-order valence-electron chi connectivity index (χ2n) is 8.72. The summed E-state index contributed by atoms with van der Waals surface area (Å²) in [7, 11) is -4.11. The number of alkyl halides is 6. The van der Waals surface area contributed by atoms with Gasteiger partial charge in [-0.1, -0.05) is 87.3 Å². The maximum atomic E-state index is 12.9. The predicted molar refractivity (Wildman–Crippen MR) is 145 cm³/mol. The fraction of sp³-hybridized carbons (Fsp3) is 0.591. The van der Waals surface area contributed by atoms with E-state index in [0.29, 0.717) is 12.2 Å². The van der Waals surface area contributed by atoms with E-state index in [2.05, 4.69) is 4.99 Å². The number of nitrogens with zero attached hydrogens (tertiary/aromatic N) is 1. The van der Waals surface area contributed by atoms with Crippen LogP contribution in [-0.2, 0) is 28.5 Å². The summed E-state index contributed by atoms with van der Waals surface area (Å²) in [6.45, 7) is 6.83. The molecule has 36 heavy (non-hydrogen) atoms. The van der Waals surface area contributed by atoms with Crippen molar-refractivity contribution in [1.29, 1.82) is 0 Å². The molecule has 1 aromatic carbocycles. The first-order valence-corrected chi connectivity index (χ1v) is 14.4. The Hall–Kier alpha value is -0.160. The Labute approximate surface area is 242 Å². The van der Waals surface area contributed by atoms with Crippen LogP contribution in [0.1, 0.15) is 39.2 Å². The van der Waals surface area contributed by atoms with Crippen LogP contribution >= 0.6 is 69.6 Å². The van der Waals surface area contributed by atoms with Gasteiger partial charge < -0.3 is 18.4 Å². The number of hydrogen-bond donors (Lipinski definition) is 0. The Kier molecular flexibility index (Phi) is 11.4. The normalized spacial score (nSPS) is 17.0. The van der Waals surface area contributed by atoms with Crippen molar-refractivity contribution < 1.29 is 26.8 Å². The maximum absolute atomic E-state index is 12.9. The number of rotatable bonds is 11. The minimum absolute atomic E-state index is 0.0105. The molecule has 204 valence electrons. The Morgan fingerprint density at radius 3 is 2.03 bits per heavy atom. The van der Waals surface area contributed by atoms with Gasteiger partial charge in [0.1, 0.15) is 17.3 Å². The van der Waals surface area contributed by atoms with Crippen molar-refractivity contribution in [1.82, 2.24) is 0 Å². The van der Waals surface area contributed by atoms with E-state index in [9.17, 15) is 8.42 Å². The first-order chi connectivity index (χ1) is 16.4. The van der Waals surface area contributed by atoms with E-state index in [1.54, 1.807) is 12.1 Å². The summed E-state index contributed by atoms with van der Waals surface area (Å²) in [5.74, 6) is 0.326. The third kappa shape index (κ3) is 11.3. The van der Waals surface area contributed by atoms with Crippen LogP contribution < -0.4 is 0 Å². The number of aryl methyl sites for hydroxylation is 1. The lowest BCUT2D eigenvalue weighted by Gasteiger charge is -2.23. The molecular formula is C22H27Cl6NO6S. The first kappa shape index (κ1) is 32.1. The third-order valence-electron chi connectivity index (χ3n) is 4.69. The van der Waals surface area contributed by atoms with Crippen LogP contribution in [0.5, 0.6) is 0 Å². The second-order valence-corrected chi connectivity index (χ2v) is 15.3. The summed E-state index contributed by atoms with van der Waals surface area (Å²) < 4.78 is 44.7. The van der Waals surface area contributed by atoms with Crippen LogP contribution in [0.2, 0.25) is 0 Å². The van der Waals surface area contributed by atoms with Crippen LogP contribution in [0.4, 0.5) is 0 Å². The molecule has 14 heteroatoms. The van der Waals surface area contributed by atoms with Gasteiger partial charge in [-0.2, -0.15) is 8.42 Å². The molecule has 0 saturated carbocycles. The van der Waals surface area contributed by atoms with Gasteiger partial charge in [0.2, 0.25) is 13.5 Å². The van der Waals surface area contributed by atoms with E-state index in [4.69, 9.17) is 88.0 Å². The van der Waals surface area contributed by atoms with E-state index >= 15 is 0 Å². The number of halogens is 6. The van der Waals surface area contributed by atoms with Crippen molar-refractivity contribution in [2.75, 3.05) is 19.8 Å². The van der Waals surface area contributed by atoms with Gasteiger partial charge in [0.05, 0.1) is 24.3 Å². The van der Waals surface area contributed by atoms with Crippen LogP contribution in [0, 0.1) is 6.92 Å². The van der Waals surface area contributed by atoms with Crippen molar-refractivity contribution in [3.63, 3.8) is 0 Å². The third-order valence-corrected chi connectivity index (χ3v) is 6.66. The van der Waals surface area contributed by atoms with Gasteiger partial charge in [0, 0.05) is 6.42 Å². The molecule has 0 saturated heterocycles. The fourth-order valence-electron chi connectivity index (χ4n) is 2.99. The zero-order valence-electron chi connectivity index (χ0n) is 20.0. The molecular weight excluding hydrogens is 619 g/mol. The highest BCUT2D eigenvalue weighted by Gasteiger charge is 2.32. The number of ether oxygens (including phenoxy) is 3. The lowest BCUT2D eigenvalue weighted by Crippen LogP contribution is -2.27. The van der Waals surface area contributed by atoms with Crippen molar-refractivity contribution in [3.8, 4) is 0 Å². The highest BCUT2D eigenvalue weighted by molar-refractivity contribution is 7.86. The highest BCUT2D eigenvalue weighted by atomic mass is 35.6. The Morgan fingerprint density at radius 1 is 1.06 bits per heavy atom. The molecule has 0 bridgehead atoms. The Bertz CT molecular complexity index is 1040. The average Bonchev–Trinajstić information content (AvgIpc) is 3.07. The molecule has 2 rings (SSSR count). The monoisotopic (exact) mass is 643 g/mol. The fourth-order valence-corrected chi connectivity index (χ4v) is 4.37. The summed E-state index contributed by atoms with van der Waals surface area (Å²) in [5, 5.41) is 0. The predicted octanol–water partition coefficient (Wildman–Crippen LogP) is 7.06. The lowest BCUT2D eigenvalue weighted by atomic mass is 10.1. The van der Waals surface area contributed by atoms with E-state index in [1.165, 1.54) is 19.1 Å². The van der Waals surface area contributed by atoms with E-state index < -0.39 is 29.5 Å². The largest absolute Gasteiger partial charge is 0.475 e. The van der Waals surface area contributed by atoms with Crippen molar-refractivity contribution in [2.24, 2.45) is 4.99 Å². The van der Waals surface area contributed by atoms with Crippen LogP contribution in [0.3, 0.4) is 0 Å². The SMILES string of the molecule is C/C(OS(=O)(=O)c1ccc(C)cc1)=C(/CCC(OCC(Cl)(Cl)Cl)OCC(Cl)(Cl)Cl)C1=NC(C)(C)CO1. The van der Waals surface area contributed by atoms with Gasteiger partial charge in [-0.25, -0.2) is 4.99 Å². The molecule has 1 aliphatic rings. The molecule has 0 spiro atoms. The van der Waals surface area contributed by atoms with E-state index in [0.717, 1.165) is 5.56 Å². The molecule has 7 nitrogen and oxygen atoms in total. The van der Waals surface area contributed by atoms with Gasteiger partial charge in [-0.3, -0.25) is 0 Å². The molecule has 1 aliphatic heterocycles. The van der Waals surface area contributed by atoms with Gasteiger partial charge in [-0.15, -0.1) is 0 Å². The summed E-state index contributed by atoms with van der Waals surface area (Å²) in [6, 6.07) is 6.29. The smallest absolute Gasteiger partial charge is 0.338 e. The van der Waals surface area contributed by atoms with Crippen LogP contribution in [-0.4, -0.2) is 53.6 Å². The van der Waals surface area contributed by atoms with Gasteiger partial charge in [-0.05, 0) is 46.2 Å². The minimum atomic E-state index is -4.11. The molecule has 0 aliphatic carbocycles. The van der Waals surface area contributed by atoms with E-state index in [1.807, 2.05) is 20.8 Å². The zero-order valence-corrected chi connectivity index (χ0v) is 25.3. The quantitative estimate of drug-likeness (QED) is 0.111. The summed E-state index contributed by atoms with van der Waals surface area (Å²) in [4.78, 5) is 4.57. The molecule has 0 radical (unpaired) electrons. The summed E-state index contributed by atoms with van der Waals surface area (Å²) >= 11 is 34.8. The molecule has 1 aromatic rings. The molecule has 0 N–H and O–H groups in total. The van der Waals surface area contributed by atoms with E-state index in [-0.39, 0.29) is 42.6 Å². The molecule has 0 amide bonds. The maximum Gasteiger partial charge on any atom is 0.338 e. The first-order valence-electron chi connectivity index (χ1n) is 10.7. The lowest BCUT2D eigenvalue weighted by molar-refractivity contribution is -0.143. The van der Waals surface area contributed by atoms with Crippen molar-refractivity contribution >= 4 is 85.6 Å². The average molecular weight is 646 g/mol. The Balaban J connectivity index is 2.31. The molecule has 1 heterocycles.